The highest BCUT2D eigenvalue weighted by atomic mass is 16.5. The quantitative estimate of drug-likeness (QED) is 0.896. The summed E-state index contributed by atoms with van der Waals surface area (Å²) in [6.45, 7) is 0.575. The van der Waals surface area contributed by atoms with E-state index in [0.717, 1.165) is 12.0 Å². The molecule has 112 valence electrons. The third kappa shape index (κ3) is 4.62. The van der Waals surface area contributed by atoms with Crippen molar-refractivity contribution in [2.45, 2.75) is 6.42 Å². The first-order valence-electron chi connectivity index (χ1n) is 6.84. The molecular formula is C17H17N3O2. The smallest absolute Gasteiger partial charge is 0.323 e. The Kier molecular flexibility index (Phi) is 5.52. The van der Waals surface area contributed by atoms with Gasteiger partial charge in [0.25, 0.3) is 0 Å². The number of methoxy groups -OCH3 is 1. The van der Waals surface area contributed by atoms with Crippen molar-refractivity contribution in [3.8, 4) is 6.07 Å². The largest absolute Gasteiger partial charge is 0.380 e. The second kappa shape index (κ2) is 7.81. The number of hydrogen-bond donors (Lipinski definition) is 2. The summed E-state index contributed by atoms with van der Waals surface area (Å²) >= 11 is 0. The molecule has 0 unspecified atom stereocenters. The van der Waals surface area contributed by atoms with Crippen LogP contribution in [-0.2, 0) is 4.74 Å². The molecule has 0 aromatic heterocycles. The topological polar surface area (TPSA) is 74.2 Å². The van der Waals surface area contributed by atoms with Crippen molar-refractivity contribution < 1.29 is 9.53 Å². The Morgan fingerprint density at radius 2 is 2.05 bits per heavy atom. The maximum absolute atomic E-state index is 11.9. The highest BCUT2D eigenvalue weighted by Crippen LogP contribution is 2.11. The van der Waals surface area contributed by atoms with Crippen LogP contribution in [0.5, 0.6) is 0 Å². The minimum atomic E-state index is -0.329. The van der Waals surface area contributed by atoms with Crippen LogP contribution in [0.15, 0.2) is 59.8 Å². The SMILES string of the molecule is COCC1=CC=C(NC(=O)Nc2ccc(C#N)cc2)C=CC1. The summed E-state index contributed by atoms with van der Waals surface area (Å²) in [4.78, 5) is 11.9. The molecule has 5 nitrogen and oxygen atoms in total. The highest BCUT2D eigenvalue weighted by Gasteiger charge is 2.05. The molecule has 0 radical (unpaired) electrons. The maximum atomic E-state index is 11.9. The molecular weight excluding hydrogens is 278 g/mol. The van der Waals surface area contributed by atoms with Crippen LogP contribution in [0.4, 0.5) is 10.5 Å². The Balaban J connectivity index is 1.95. The number of hydrogen-bond acceptors (Lipinski definition) is 3. The third-order valence-electron chi connectivity index (χ3n) is 3.04. The lowest BCUT2D eigenvalue weighted by atomic mass is 10.2. The van der Waals surface area contributed by atoms with Crippen molar-refractivity contribution >= 4 is 11.7 Å². The molecule has 0 heterocycles. The van der Waals surface area contributed by atoms with Crippen LogP contribution in [0.3, 0.4) is 0 Å². The Morgan fingerprint density at radius 1 is 1.27 bits per heavy atom. The molecule has 1 aliphatic rings. The van der Waals surface area contributed by atoms with Gasteiger partial charge in [0.2, 0.25) is 0 Å². The molecule has 5 heteroatoms. The third-order valence-corrected chi connectivity index (χ3v) is 3.04. The number of amides is 2. The predicted molar refractivity (Wildman–Crippen MR) is 85.1 cm³/mol. The van der Waals surface area contributed by atoms with Gasteiger partial charge in [-0.15, -0.1) is 0 Å². The van der Waals surface area contributed by atoms with Gasteiger partial charge in [-0.2, -0.15) is 5.26 Å². The van der Waals surface area contributed by atoms with Gasteiger partial charge in [0.05, 0.1) is 18.2 Å². The van der Waals surface area contributed by atoms with E-state index >= 15 is 0 Å². The minimum Gasteiger partial charge on any atom is -0.380 e. The zero-order chi connectivity index (χ0) is 15.8. The number of rotatable bonds is 4. The lowest BCUT2D eigenvalue weighted by molar-refractivity contribution is 0.224. The van der Waals surface area contributed by atoms with Gasteiger partial charge in [-0.3, -0.25) is 0 Å². The second-order valence-electron chi connectivity index (χ2n) is 4.75. The molecule has 0 saturated heterocycles. The number of carbonyl (C=O) groups is 1. The lowest BCUT2D eigenvalue weighted by Crippen LogP contribution is -2.27. The number of nitriles is 1. The van der Waals surface area contributed by atoms with Crippen LogP contribution in [0.2, 0.25) is 0 Å². The second-order valence-corrected chi connectivity index (χ2v) is 4.75. The molecule has 1 aliphatic carbocycles. The fourth-order valence-corrected chi connectivity index (χ4v) is 1.97. The van der Waals surface area contributed by atoms with Gasteiger partial charge >= 0.3 is 6.03 Å². The zero-order valence-electron chi connectivity index (χ0n) is 12.3. The summed E-state index contributed by atoms with van der Waals surface area (Å²) < 4.78 is 5.10. The normalized spacial score (nSPS) is 13.5. The van der Waals surface area contributed by atoms with E-state index < -0.39 is 0 Å². The van der Waals surface area contributed by atoms with Crippen LogP contribution in [0, 0.1) is 11.3 Å². The number of nitrogens with zero attached hydrogens (tertiary/aromatic N) is 1. The first-order valence-corrected chi connectivity index (χ1v) is 6.84. The Bertz CT molecular complexity index is 664. The maximum Gasteiger partial charge on any atom is 0.323 e. The van der Waals surface area contributed by atoms with Crippen LogP contribution in [0.1, 0.15) is 12.0 Å². The monoisotopic (exact) mass is 295 g/mol. The highest BCUT2D eigenvalue weighted by molar-refractivity contribution is 5.90. The van der Waals surface area contributed by atoms with E-state index in [1.165, 1.54) is 0 Å². The molecule has 0 saturated carbocycles. The first-order chi connectivity index (χ1) is 10.7. The summed E-state index contributed by atoms with van der Waals surface area (Å²) in [6.07, 6.45) is 8.42. The molecule has 2 amide bonds. The molecule has 0 aliphatic heterocycles. The van der Waals surface area contributed by atoms with Gasteiger partial charge in [0.1, 0.15) is 0 Å². The molecule has 0 fully saturated rings. The zero-order valence-corrected chi connectivity index (χ0v) is 12.3. The van der Waals surface area contributed by atoms with Crippen molar-refractivity contribution in [1.82, 2.24) is 5.32 Å². The van der Waals surface area contributed by atoms with Crippen molar-refractivity contribution in [3.63, 3.8) is 0 Å². The van der Waals surface area contributed by atoms with Crippen molar-refractivity contribution in [2.75, 3.05) is 19.0 Å². The van der Waals surface area contributed by atoms with E-state index in [4.69, 9.17) is 10.00 Å². The fourth-order valence-electron chi connectivity index (χ4n) is 1.97. The van der Waals surface area contributed by atoms with Crippen molar-refractivity contribution in [2.24, 2.45) is 0 Å². The molecule has 1 aromatic rings. The van der Waals surface area contributed by atoms with E-state index in [1.807, 2.05) is 30.4 Å². The average molecular weight is 295 g/mol. The predicted octanol–water partition coefficient (Wildman–Crippen LogP) is 3.10. The number of urea groups is 1. The molecule has 22 heavy (non-hydrogen) atoms. The van der Waals surface area contributed by atoms with Gasteiger partial charge < -0.3 is 15.4 Å². The summed E-state index contributed by atoms with van der Waals surface area (Å²) in [6, 6.07) is 8.38. The van der Waals surface area contributed by atoms with E-state index in [2.05, 4.69) is 10.6 Å². The van der Waals surface area contributed by atoms with Gasteiger partial charge in [-0.1, -0.05) is 12.2 Å². The molecule has 2 rings (SSSR count). The number of benzene rings is 1. The van der Waals surface area contributed by atoms with Crippen molar-refractivity contribution in [1.29, 1.82) is 5.26 Å². The molecule has 2 N–H and O–H groups in total. The van der Waals surface area contributed by atoms with Crippen LogP contribution in [-0.4, -0.2) is 19.7 Å². The standard InChI is InChI=1S/C17H17N3O2/c1-22-12-14-3-2-4-15(10-7-14)19-17(21)20-16-8-5-13(11-18)6-9-16/h2,4-10H,3,12H2,1H3,(H2,19,20,21). The van der Waals surface area contributed by atoms with Crippen LogP contribution < -0.4 is 10.6 Å². The fraction of sp³-hybridized carbons (Fsp3) is 0.176. The van der Waals surface area contributed by atoms with Gasteiger partial charge in [-0.25, -0.2) is 4.79 Å². The summed E-state index contributed by atoms with van der Waals surface area (Å²) in [7, 11) is 1.66. The number of allylic oxidation sites excluding steroid dienone is 4. The summed E-state index contributed by atoms with van der Waals surface area (Å²) in [5, 5.41) is 14.2. The molecule has 1 aromatic carbocycles. The molecule has 0 atom stereocenters. The number of anilines is 1. The Labute approximate surface area is 129 Å². The Hall–Kier alpha value is -2.84. The van der Waals surface area contributed by atoms with Crippen molar-refractivity contribution in [3.05, 3.63) is 65.4 Å². The Morgan fingerprint density at radius 3 is 2.73 bits per heavy atom. The van der Waals surface area contributed by atoms with Crippen LogP contribution >= 0.6 is 0 Å². The average Bonchev–Trinajstić information content (AvgIpc) is 2.74. The van der Waals surface area contributed by atoms with E-state index in [1.54, 1.807) is 31.4 Å². The molecule has 0 spiro atoms. The van der Waals surface area contributed by atoms with Gasteiger partial charge in [-0.05, 0) is 48.4 Å². The number of ether oxygens (including phenoxy) is 1. The van der Waals surface area contributed by atoms with Gasteiger partial charge in [0.15, 0.2) is 0 Å². The number of carbonyl (C=O) groups excluding carboxylic acids is 1. The van der Waals surface area contributed by atoms with Gasteiger partial charge in [0, 0.05) is 18.5 Å². The summed E-state index contributed by atoms with van der Waals surface area (Å²) in [5.74, 6) is 0. The number of nitrogens with one attached hydrogen (secondary N) is 2. The van der Waals surface area contributed by atoms with E-state index in [9.17, 15) is 4.79 Å². The minimum absolute atomic E-state index is 0.329. The first kappa shape index (κ1) is 15.5. The van der Waals surface area contributed by atoms with Crippen LogP contribution in [0.25, 0.3) is 0 Å². The molecule has 0 bridgehead atoms. The van der Waals surface area contributed by atoms with E-state index in [-0.39, 0.29) is 6.03 Å². The summed E-state index contributed by atoms with van der Waals surface area (Å²) in [5.41, 5.74) is 3.03. The van der Waals surface area contributed by atoms with E-state index in [0.29, 0.717) is 23.6 Å². The lowest BCUT2D eigenvalue weighted by Gasteiger charge is -2.07.